The van der Waals surface area contributed by atoms with Crippen molar-refractivity contribution >= 4 is 15.9 Å². The van der Waals surface area contributed by atoms with Crippen LogP contribution in [-0.2, 0) is 21.4 Å². The predicted molar refractivity (Wildman–Crippen MR) is 114 cm³/mol. The Bertz CT molecular complexity index is 1040. The third-order valence-electron chi connectivity index (χ3n) is 5.39. The summed E-state index contributed by atoms with van der Waals surface area (Å²) in [6, 6.07) is 11.2. The molecule has 2 aromatic rings. The maximum absolute atomic E-state index is 12.8. The summed E-state index contributed by atoms with van der Waals surface area (Å²) in [7, 11) is -2.24. The lowest BCUT2D eigenvalue weighted by Gasteiger charge is -2.30. The quantitative estimate of drug-likeness (QED) is 0.643. The number of halogens is 2. The van der Waals surface area contributed by atoms with E-state index < -0.39 is 16.6 Å². The van der Waals surface area contributed by atoms with Crippen LogP contribution in [0.2, 0.25) is 0 Å². The van der Waals surface area contributed by atoms with E-state index in [0.29, 0.717) is 18.4 Å². The Morgan fingerprint density at radius 1 is 1.12 bits per heavy atom. The number of sulfonamides is 1. The minimum Gasteiger partial charge on any atom is -0.493 e. The molecule has 0 atom stereocenters. The molecule has 0 aromatic heterocycles. The van der Waals surface area contributed by atoms with Crippen LogP contribution in [0.5, 0.6) is 11.5 Å². The molecule has 3 rings (SSSR count). The van der Waals surface area contributed by atoms with Crippen LogP contribution < -0.4 is 14.8 Å². The number of carbonyl (C=O) groups excluding carboxylic acids is 1. The maximum Gasteiger partial charge on any atom is 0.387 e. The first-order chi connectivity index (χ1) is 15.2. The van der Waals surface area contributed by atoms with Gasteiger partial charge in [-0.25, -0.2) is 8.42 Å². The molecule has 0 aliphatic carbocycles. The van der Waals surface area contributed by atoms with Gasteiger partial charge in [-0.2, -0.15) is 13.1 Å². The molecule has 1 heterocycles. The highest BCUT2D eigenvalue weighted by atomic mass is 32.2. The van der Waals surface area contributed by atoms with E-state index in [1.165, 1.54) is 23.5 Å². The lowest BCUT2D eigenvalue weighted by atomic mass is 9.97. The zero-order chi connectivity index (χ0) is 23.3. The minimum atomic E-state index is -3.59. The molecule has 174 valence electrons. The van der Waals surface area contributed by atoms with E-state index in [9.17, 15) is 22.0 Å². The molecule has 7 nitrogen and oxygen atoms in total. The highest BCUT2D eigenvalue weighted by Gasteiger charge is 2.32. The molecule has 10 heteroatoms. The van der Waals surface area contributed by atoms with E-state index in [1.807, 2.05) is 6.92 Å². The Kier molecular flexibility index (Phi) is 7.68. The second-order valence-corrected chi connectivity index (χ2v) is 9.51. The standard InChI is InChI=1S/C22H26F2N2O5S/c1-15-3-6-18(7-4-15)32(28,29)26-11-9-17(10-12-26)21(27)25-14-16-5-8-19(30-2)20(13-16)31-22(23)24/h3-8,13,17,22H,9-12,14H2,1-2H3,(H,25,27). The second kappa shape index (κ2) is 10.3. The smallest absolute Gasteiger partial charge is 0.387 e. The molecule has 1 aliphatic heterocycles. The fraction of sp³-hybridized carbons (Fsp3) is 0.409. The van der Waals surface area contributed by atoms with E-state index in [-0.39, 0.29) is 47.9 Å². The van der Waals surface area contributed by atoms with Crippen LogP contribution in [-0.4, -0.2) is 45.4 Å². The number of alkyl halides is 2. The van der Waals surface area contributed by atoms with Crippen LogP contribution in [0.15, 0.2) is 47.4 Å². The molecular formula is C22H26F2N2O5S. The van der Waals surface area contributed by atoms with Crippen molar-refractivity contribution in [3.63, 3.8) is 0 Å². The zero-order valence-corrected chi connectivity index (χ0v) is 18.7. The molecule has 1 fully saturated rings. The van der Waals surface area contributed by atoms with Gasteiger partial charge >= 0.3 is 6.61 Å². The Hall–Kier alpha value is -2.72. The SMILES string of the molecule is COc1ccc(CNC(=O)C2CCN(S(=O)(=O)c3ccc(C)cc3)CC2)cc1OC(F)F. The highest BCUT2D eigenvalue weighted by molar-refractivity contribution is 7.89. The molecule has 0 bridgehead atoms. The van der Waals surface area contributed by atoms with Crippen LogP contribution in [0.25, 0.3) is 0 Å². The number of nitrogens with zero attached hydrogens (tertiary/aromatic N) is 1. The van der Waals surface area contributed by atoms with E-state index >= 15 is 0 Å². The molecule has 1 amide bonds. The monoisotopic (exact) mass is 468 g/mol. The van der Waals surface area contributed by atoms with E-state index in [2.05, 4.69) is 10.1 Å². The number of aryl methyl sites for hydroxylation is 1. The van der Waals surface area contributed by atoms with Crippen LogP contribution >= 0.6 is 0 Å². The summed E-state index contributed by atoms with van der Waals surface area (Å²) < 4.78 is 61.6. The number of rotatable bonds is 8. The maximum atomic E-state index is 12.8. The third-order valence-corrected chi connectivity index (χ3v) is 7.31. The van der Waals surface area contributed by atoms with Gasteiger partial charge in [0.15, 0.2) is 11.5 Å². The van der Waals surface area contributed by atoms with Crippen molar-refractivity contribution < 1.29 is 31.5 Å². The number of amides is 1. The summed E-state index contributed by atoms with van der Waals surface area (Å²) in [5.74, 6) is -0.467. The van der Waals surface area contributed by atoms with Gasteiger partial charge in [-0.1, -0.05) is 23.8 Å². The topological polar surface area (TPSA) is 84.9 Å². The summed E-state index contributed by atoms with van der Waals surface area (Å²) in [6.45, 7) is -0.467. The van der Waals surface area contributed by atoms with E-state index in [0.717, 1.165) is 5.56 Å². The summed E-state index contributed by atoms with van der Waals surface area (Å²) >= 11 is 0. The molecule has 1 saturated heterocycles. The highest BCUT2D eigenvalue weighted by Crippen LogP contribution is 2.30. The van der Waals surface area contributed by atoms with Crippen molar-refractivity contribution in [2.75, 3.05) is 20.2 Å². The minimum absolute atomic E-state index is 0.108. The lowest BCUT2D eigenvalue weighted by molar-refractivity contribution is -0.126. The van der Waals surface area contributed by atoms with Gasteiger partial charge in [0.25, 0.3) is 0 Å². The average Bonchev–Trinajstić information content (AvgIpc) is 2.77. The zero-order valence-electron chi connectivity index (χ0n) is 17.9. The van der Waals surface area contributed by atoms with Gasteiger partial charge < -0.3 is 14.8 Å². The Labute approximate surface area is 186 Å². The van der Waals surface area contributed by atoms with Crippen molar-refractivity contribution in [3.8, 4) is 11.5 Å². The lowest BCUT2D eigenvalue weighted by Crippen LogP contribution is -2.42. The number of hydrogen-bond donors (Lipinski definition) is 1. The summed E-state index contributed by atoms with van der Waals surface area (Å²) in [4.78, 5) is 12.8. The first-order valence-corrected chi connectivity index (χ1v) is 11.6. The third kappa shape index (κ3) is 5.74. The Morgan fingerprint density at radius 2 is 1.78 bits per heavy atom. The van der Waals surface area contributed by atoms with Crippen molar-refractivity contribution in [2.24, 2.45) is 5.92 Å². The molecular weight excluding hydrogens is 442 g/mol. The van der Waals surface area contributed by atoms with Crippen molar-refractivity contribution in [1.29, 1.82) is 0 Å². The predicted octanol–water partition coefficient (Wildman–Crippen LogP) is 3.32. The van der Waals surface area contributed by atoms with E-state index in [1.54, 1.807) is 30.3 Å². The number of hydrogen-bond acceptors (Lipinski definition) is 5. The fourth-order valence-corrected chi connectivity index (χ4v) is 5.04. The van der Waals surface area contributed by atoms with Gasteiger partial charge in [-0.3, -0.25) is 4.79 Å². The van der Waals surface area contributed by atoms with Crippen LogP contribution in [0.1, 0.15) is 24.0 Å². The average molecular weight is 469 g/mol. The summed E-state index contributed by atoms with van der Waals surface area (Å²) in [5.41, 5.74) is 1.55. The number of carbonyl (C=O) groups is 1. The first-order valence-electron chi connectivity index (χ1n) is 10.2. The number of piperidine rings is 1. The van der Waals surface area contributed by atoms with Gasteiger partial charge in [0.05, 0.1) is 12.0 Å². The van der Waals surface area contributed by atoms with Crippen LogP contribution in [0, 0.1) is 12.8 Å². The van der Waals surface area contributed by atoms with Gasteiger partial charge in [0.1, 0.15) is 0 Å². The van der Waals surface area contributed by atoms with Gasteiger partial charge in [0.2, 0.25) is 15.9 Å². The number of ether oxygens (including phenoxy) is 2. The second-order valence-electron chi connectivity index (χ2n) is 7.57. The number of nitrogens with one attached hydrogen (secondary N) is 1. The molecule has 0 radical (unpaired) electrons. The first kappa shape index (κ1) is 23.9. The van der Waals surface area contributed by atoms with Crippen molar-refractivity contribution in [3.05, 3.63) is 53.6 Å². The molecule has 0 unspecified atom stereocenters. The molecule has 32 heavy (non-hydrogen) atoms. The summed E-state index contributed by atoms with van der Waals surface area (Å²) in [6.07, 6.45) is 0.804. The van der Waals surface area contributed by atoms with Gasteiger partial charge in [0, 0.05) is 25.6 Å². The van der Waals surface area contributed by atoms with Crippen molar-refractivity contribution in [2.45, 2.75) is 37.8 Å². The molecule has 1 aliphatic rings. The van der Waals surface area contributed by atoms with Gasteiger partial charge in [-0.15, -0.1) is 0 Å². The van der Waals surface area contributed by atoms with Crippen LogP contribution in [0.4, 0.5) is 8.78 Å². The molecule has 0 spiro atoms. The summed E-state index contributed by atoms with van der Waals surface area (Å²) in [5, 5.41) is 2.79. The van der Waals surface area contributed by atoms with Gasteiger partial charge in [-0.05, 0) is 49.6 Å². The Morgan fingerprint density at radius 3 is 2.38 bits per heavy atom. The molecule has 0 saturated carbocycles. The van der Waals surface area contributed by atoms with Crippen molar-refractivity contribution in [1.82, 2.24) is 9.62 Å². The fourth-order valence-electron chi connectivity index (χ4n) is 3.57. The Balaban J connectivity index is 1.55. The van der Waals surface area contributed by atoms with Crippen LogP contribution in [0.3, 0.4) is 0 Å². The largest absolute Gasteiger partial charge is 0.493 e. The molecule has 2 aromatic carbocycles. The normalized spacial score (nSPS) is 15.5. The number of methoxy groups -OCH3 is 1. The molecule has 1 N–H and O–H groups in total. The number of benzene rings is 2. The van der Waals surface area contributed by atoms with E-state index in [4.69, 9.17) is 4.74 Å².